The fourth-order valence-corrected chi connectivity index (χ4v) is 4.81. The van der Waals surface area contributed by atoms with Crippen LogP contribution in [-0.2, 0) is 10.4 Å². The van der Waals surface area contributed by atoms with Gasteiger partial charge >= 0.3 is 6.18 Å². The van der Waals surface area contributed by atoms with Crippen molar-refractivity contribution in [1.29, 1.82) is 5.26 Å². The highest BCUT2D eigenvalue weighted by Gasteiger charge is 2.68. The lowest BCUT2D eigenvalue weighted by molar-refractivity contribution is -0.274. The van der Waals surface area contributed by atoms with Crippen molar-refractivity contribution in [3.63, 3.8) is 0 Å². The number of nitrogens with one attached hydrogen (secondary N) is 1. The first-order chi connectivity index (χ1) is 15.9. The normalized spacial score (nSPS) is 23.0. The molecule has 2 aromatic carbocycles. The molecule has 1 saturated carbocycles. The van der Waals surface area contributed by atoms with Crippen molar-refractivity contribution in [2.45, 2.75) is 36.9 Å². The van der Waals surface area contributed by atoms with Crippen LogP contribution in [-0.4, -0.2) is 29.7 Å². The molecule has 0 saturated heterocycles. The fourth-order valence-electron chi connectivity index (χ4n) is 3.83. The molecule has 2 atom stereocenters. The largest absolute Gasteiger partial charge is 0.437 e. The van der Waals surface area contributed by atoms with Crippen LogP contribution in [0.1, 0.15) is 39.9 Å². The Bertz CT molecular complexity index is 1220. The quantitative estimate of drug-likeness (QED) is 0.472. The molecule has 1 heterocycles. The molecule has 0 aromatic heterocycles. The Labute approximate surface area is 208 Å². The van der Waals surface area contributed by atoms with Gasteiger partial charge in [0.25, 0.3) is 11.5 Å². The van der Waals surface area contributed by atoms with Gasteiger partial charge in [-0.25, -0.2) is 0 Å². The summed E-state index contributed by atoms with van der Waals surface area (Å²) in [6.07, 6.45) is -3.48. The van der Waals surface area contributed by atoms with Crippen molar-refractivity contribution in [2.24, 2.45) is 10.6 Å². The molecule has 4 rings (SSSR count). The molecule has 11 heteroatoms. The first-order valence-corrected chi connectivity index (χ1v) is 11.4. The Kier molecular flexibility index (Phi) is 6.26. The van der Waals surface area contributed by atoms with Gasteiger partial charge in [-0.05, 0) is 55.7 Å². The number of alkyl halides is 4. The van der Waals surface area contributed by atoms with Crippen LogP contribution in [0.2, 0.25) is 10.0 Å². The number of halogens is 6. The molecule has 0 unspecified atom stereocenters. The summed E-state index contributed by atoms with van der Waals surface area (Å²) >= 11 is 18.2. The van der Waals surface area contributed by atoms with E-state index in [0.717, 1.165) is 25.0 Å². The smallest absolute Gasteiger partial charge is 0.372 e. The third-order valence-corrected chi connectivity index (χ3v) is 6.99. The van der Waals surface area contributed by atoms with Gasteiger partial charge in [0.1, 0.15) is 11.1 Å². The van der Waals surface area contributed by atoms with Crippen LogP contribution in [0, 0.1) is 23.7 Å². The number of nitrogens with zero attached hydrogens (tertiary/aromatic N) is 2. The number of carbonyl (C=O) groups is 1. The van der Waals surface area contributed by atoms with Crippen molar-refractivity contribution in [3.8, 4) is 6.07 Å². The minimum Gasteiger partial charge on any atom is -0.372 e. The zero-order valence-electron chi connectivity index (χ0n) is 17.6. The first kappa shape index (κ1) is 24.6. The lowest BCUT2D eigenvalue weighted by Crippen LogP contribution is -2.50. The second-order valence-electron chi connectivity index (χ2n) is 8.43. The van der Waals surface area contributed by atoms with Crippen LogP contribution in [0.3, 0.4) is 0 Å². The second kappa shape index (κ2) is 8.63. The van der Waals surface area contributed by atoms with E-state index in [9.17, 15) is 18.0 Å². The molecule has 34 heavy (non-hydrogen) atoms. The molecule has 1 aliphatic carbocycles. The monoisotopic (exact) mass is 529 g/mol. The summed E-state index contributed by atoms with van der Waals surface area (Å²) in [7, 11) is 0. The third-order valence-electron chi connectivity index (χ3n) is 6.04. The summed E-state index contributed by atoms with van der Waals surface area (Å²) < 4.78 is 43.0. The Balaban J connectivity index is 1.62. The van der Waals surface area contributed by atoms with Gasteiger partial charge in [0.05, 0.1) is 11.5 Å². The molecule has 2 aromatic rings. The van der Waals surface area contributed by atoms with E-state index in [1.54, 1.807) is 6.92 Å². The highest BCUT2D eigenvalue weighted by molar-refractivity contribution is 6.37. The summed E-state index contributed by atoms with van der Waals surface area (Å²) in [5, 5.41) is 13.8. The summed E-state index contributed by atoms with van der Waals surface area (Å²) in [5.41, 5.74) is -2.94. The zero-order chi connectivity index (χ0) is 24.9. The standard InChI is InChI=1S/C23H17Cl3F3N3O2/c1-12-6-13(2-3-17(12)20(33)31-11-21(10-30)4-5-21)18-19(26)22(34-32-18,23(27,28)29)14-7-15(24)9-16(25)8-14/h2-3,6-9,19H,4-5,11H2,1H3,(H,31,33)/t19-,22-/m0/s1. The van der Waals surface area contributed by atoms with Crippen molar-refractivity contribution in [1.82, 2.24) is 5.32 Å². The molecule has 0 spiro atoms. The molecule has 5 nitrogen and oxygen atoms in total. The van der Waals surface area contributed by atoms with E-state index >= 15 is 0 Å². The third kappa shape index (κ3) is 4.21. The van der Waals surface area contributed by atoms with Crippen molar-refractivity contribution in [2.75, 3.05) is 6.54 Å². The Morgan fingerprint density at radius 2 is 1.88 bits per heavy atom. The van der Waals surface area contributed by atoms with Crippen molar-refractivity contribution < 1.29 is 22.8 Å². The molecule has 0 bridgehead atoms. The minimum absolute atomic E-state index is 0.0115. The van der Waals surface area contributed by atoms with E-state index in [1.807, 2.05) is 0 Å². The second-order valence-corrected chi connectivity index (χ2v) is 9.74. The number of hydrogen-bond donors (Lipinski definition) is 1. The number of amides is 1. The van der Waals surface area contributed by atoms with Crippen molar-refractivity contribution in [3.05, 3.63) is 68.7 Å². The van der Waals surface area contributed by atoms with Crippen molar-refractivity contribution >= 4 is 46.4 Å². The van der Waals surface area contributed by atoms with Gasteiger partial charge in [-0.3, -0.25) is 4.79 Å². The van der Waals surface area contributed by atoms with Gasteiger partial charge in [-0.2, -0.15) is 18.4 Å². The van der Waals surface area contributed by atoms with E-state index < -0.39 is 22.6 Å². The zero-order valence-corrected chi connectivity index (χ0v) is 19.9. The molecular weight excluding hydrogens is 514 g/mol. The van der Waals surface area contributed by atoms with Crippen LogP contribution >= 0.6 is 34.8 Å². The van der Waals surface area contributed by atoms with Gasteiger partial charge < -0.3 is 10.2 Å². The van der Waals surface area contributed by atoms with E-state index in [2.05, 4.69) is 16.5 Å². The lowest BCUT2D eigenvalue weighted by atomic mass is 9.85. The Morgan fingerprint density at radius 3 is 2.41 bits per heavy atom. The van der Waals surface area contributed by atoms with Crippen LogP contribution in [0.15, 0.2) is 41.6 Å². The van der Waals surface area contributed by atoms with E-state index in [1.165, 1.54) is 24.3 Å². The van der Waals surface area contributed by atoms with E-state index in [4.69, 9.17) is 44.9 Å². The van der Waals surface area contributed by atoms with Gasteiger partial charge in [0, 0.05) is 33.3 Å². The summed E-state index contributed by atoms with van der Waals surface area (Å²) in [6.45, 7) is 1.88. The van der Waals surface area contributed by atoms with E-state index in [0.29, 0.717) is 11.1 Å². The average molecular weight is 531 g/mol. The summed E-state index contributed by atoms with van der Waals surface area (Å²) in [5.74, 6) is -0.379. The molecule has 1 amide bonds. The maximum absolute atomic E-state index is 14.3. The molecule has 1 fully saturated rings. The lowest BCUT2D eigenvalue weighted by Gasteiger charge is -2.32. The van der Waals surface area contributed by atoms with Crippen LogP contribution in [0.5, 0.6) is 0 Å². The molecule has 2 aliphatic rings. The first-order valence-electron chi connectivity index (χ1n) is 10.2. The number of aryl methyl sites for hydroxylation is 1. The van der Waals surface area contributed by atoms with Gasteiger partial charge in [-0.1, -0.05) is 34.4 Å². The Hall–Kier alpha value is -2.47. The van der Waals surface area contributed by atoms with Gasteiger partial charge in [0.2, 0.25) is 0 Å². The van der Waals surface area contributed by atoms with E-state index in [-0.39, 0.29) is 39.3 Å². The topological polar surface area (TPSA) is 74.5 Å². The molecule has 178 valence electrons. The highest BCUT2D eigenvalue weighted by atomic mass is 35.5. The fraction of sp³-hybridized carbons (Fsp3) is 0.348. The Morgan fingerprint density at radius 1 is 1.24 bits per heavy atom. The van der Waals surface area contributed by atoms with Crippen LogP contribution in [0.25, 0.3) is 0 Å². The maximum Gasteiger partial charge on any atom is 0.437 e. The number of rotatable bonds is 5. The highest BCUT2D eigenvalue weighted by Crippen LogP contribution is 2.52. The molecular formula is C23H17Cl3F3N3O2. The minimum atomic E-state index is -4.95. The predicted octanol–water partition coefficient (Wildman–Crippen LogP) is 6.13. The average Bonchev–Trinajstić information content (AvgIpc) is 3.45. The predicted molar refractivity (Wildman–Crippen MR) is 122 cm³/mol. The van der Waals surface area contributed by atoms with Gasteiger partial charge in [0.15, 0.2) is 0 Å². The van der Waals surface area contributed by atoms with Gasteiger partial charge in [-0.15, -0.1) is 11.6 Å². The number of oxime groups is 1. The van der Waals surface area contributed by atoms with Crippen LogP contribution < -0.4 is 5.32 Å². The molecule has 1 N–H and O–H groups in total. The SMILES string of the molecule is Cc1cc(C2=NO[C@](c3cc(Cl)cc(Cl)c3)(C(F)(F)F)[C@H]2Cl)ccc1C(=O)NCC1(C#N)CC1. The maximum atomic E-state index is 14.3. The summed E-state index contributed by atoms with van der Waals surface area (Å²) in [6, 6.07) is 10.1. The molecule has 0 radical (unpaired) electrons. The molecule has 1 aliphatic heterocycles. The summed E-state index contributed by atoms with van der Waals surface area (Å²) in [4.78, 5) is 17.6. The number of nitriles is 1. The number of hydrogen-bond acceptors (Lipinski definition) is 4. The van der Waals surface area contributed by atoms with Crippen LogP contribution in [0.4, 0.5) is 13.2 Å². The number of carbonyl (C=O) groups excluding carboxylic acids is 1. The number of benzene rings is 2.